The number of hydrogen-bond donors (Lipinski definition) is 2. The monoisotopic (exact) mass is 291 g/mol. The van der Waals surface area contributed by atoms with E-state index in [0.717, 1.165) is 6.92 Å². The fourth-order valence-corrected chi connectivity index (χ4v) is 1.82. The van der Waals surface area contributed by atoms with Crippen LogP contribution in [0.4, 0.5) is 5.69 Å². The highest BCUT2D eigenvalue weighted by Crippen LogP contribution is 2.33. The van der Waals surface area contributed by atoms with E-state index in [-0.39, 0.29) is 11.4 Å². The summed E-state index contributed by atoms with van der Waals surface area (Å²) in [5.41, 5.74) is -2.11. The molecule has 0 aliphatic rings. The van der Waals surface area contributed by atoms with Gasteiger partial charge in [-0.1, -0.05) is 18.2 Å². The van der Waals surface area contributed by atoms with Crippen molar-refractivity contribution in [1.82, 2.24) is 0 Å². The highest BCUT2D eigenvalue weighted by atomic mass is 16.6. The quantitative estimate of drug-likeness (QED) is 0.643. The first-order valence-corrected chi connectivity index (χ1v) is 6.07. The molecule has 0 aromatic heterocycles. The standard InChI is InChI=1S/C14H13NO6/c1-14(18,13(16)17)8-21-12-7-6-11(15(19)20)9-4-2-3-5-10(9)12/h2-7,18H,8H2,1H3,(H,16,17). The molecule has 0 bridgehead atoms. The number of benzene rings is 2. The molecule has 2 aromatic rings. The Morgan fingerprint density at radius 3 is 2.48 bits per heavy atom. The third kappa shape index (κ3) is 2.92. The molecule has 1 unspecified atom stereocenters. The lowest BCUT2D eigenvalue weighted by atomic mass is 10.1. The molecule has 0 spiro atoms. The lowest BCUT2D eigenvalue weighted by molar-refractivity contribution is -0.383. The molecule has 110 valence electrons. The van der Waals surface area contributed by atoms with Crippen LogP contribution in [0.25, 0.3) is 10.8 Å². The predicted molar refractivity (Wildman–Crippen MR) is 74.4 cm³/mol. The van der Waals surface area contributed by atoms with Gasteiger partial charge >= 0.3 is 5.97 Å². The van der Waals surface area contributed by atoms with Gasteiger partial charge in [-0.15, -0.1) is 0 Å². The summed E-state index contributed by atoms with van der Waals surface area (Å²) in [6, 6.07) is 9.23. The maximum atomic E-state index is 11.0. The summed E-state index contributed by atoms with van der Waals surface area (Å²) in [5.74, 6) is -1.13. The zero-order valence-electron chi connectivity index (χ0n) is 11.1. The normalized spacial score (nSPS) is 13.6. The van der Waals surface area contributed by atoms with Crippen molar-refractivity contribution in [2.24, 2.45) is 0 Å². The molecule has 0 fully saturated rings. The van der Waals surface area contributed by atoms with Gasteiger partial charge in [0.2, 0.25) is 0 Å². The van der Waals surface area contributed by atoms with Crippen molar-refractivity contribution < 1.29 is 24.7 Å². The number of ether oxygens (including phenoxy) is 1. The molecule has 0 saturated carbocycles. The molecule has 2 aromatic carbocycles. The van der Waals surface area contributed by atoms with Gasteiger partial charge in [0.25, 0.3) is 5.69 Å². The third-order valence-corrected chi connectivity index (χ3v) is 3.03. The zero-order chi connectivity index (χ0) is 15.6. The molecule has 0 amide bonds. The van der Waals surface area contributed by atoms with Gasteiger partial charge in [-0.3, -0.25) is 10.1 Å². The average Bonchev–Trinajstić information content (AvgIpc) is 2.44. The number of carboxylic acid groups (broad SMARTS) is 1. The molecule has 0 saturated heterocycles. The maximum Gasteiger partial charge on any atom is 0.339 e. The summed E-state index contributed by atoms with van der Waals surface area (Å²) < 4.78 is 5.33. The van der Waals surface area contributed by atoms with E-state index < -0.39 is 23.1 Å². The van der Waals surface area contributed by atoms with Gasteiger partial charge in [0.1, 0.15) is 12.4 Å². The number of aliphatic hydroxyl groups is 1. The van der Waals surface area contributed by atoms with Crippen LogP contribution in [-0.4, -0.2) is 33.3 Å². The molecule has 0 aliphatic heterocycles. The second-order valence-electron chi connectivity index (χ2n) is 4.75. The van der Waals surface area contributed by atoms with Crippen LogP contribution in [-0.2, 0) is 4.79 Å². The summed E-state index contributed by atoms with van der Waals surface area (Å²) in [4.78, 5) is 21.3. The number of non-ortho nitro benzene ring substituents is 1. The Morgan fingerprint density at radius 1 is 1.29 bits per heavy atom. The highest BCUT2D eigenvalue weighted by molar-refractivity contribution is 5.95. The summed E-state index contributed by atoms with van der Waals surface area (Å²) in [6.45, 7) is 0.646. The molecule has 7 nitrogen and oxygen atoms in total. The molecule has 2 rings (SSSR count). The largest absolute Gasteiger partial charge is 0.489 e. The first-order valence-electron chi connectivity index (χ1n) is 6.07. The number of fused-ring (bicyclic) bond motifs is 1. The Bertz CT molecular complexity index is 710. The van der Waals surface area contributed by atoms with E-state index in [0.29, 0.717) is 10.8 Å². The van der Waals surface area contributed by atoms with Gasteiger partial charge < -0.3 is 14.9 Å². The van der Waals surface area contributed by atoms with E-state index in [9.17, 15) is 20.0 Å². The third-order valence-electron chi connectivity index (χ3n) is 3.03. The first kappa shape index (κ1) is 14.7. The van der Waals surface area contributed by atoms with Crippen LogP contribution >= 0.6 is 0 Å². The van der Waals surface area contributed by atoms with Crippen molar-refractivity contribution in [2.45, 2.75) is 12.5 Å². The average molecular weight is 291 g/mol. The van der Waals surface area contributed by atoms with Gasteiger partial charge in [0, 0.05) is 11.5 Å². The number of carbonyl (C=O) groups is 1. The highest BCUT2D eigenvalue weighted by Gasteiger charge is 2.31. The fourth-order valence-electron chi connectivity index (χ4n) is 1.82. The number of nitrogens with zero attached hydrogens (tertiary/aromatic N) is 1. The fraction of sp³-hybridized carbons (Fsp3) is 0.214. The molecule has 0 aliphatic carbocycles. The first-order chi connectivity index (χ1) is 9.83. The summed E-state index contributed by atoms with van der Waals surface area (Å²) in [6.07, 6.45) is 0. The van der Waals surface area contributed by atoms with Crippen molar-refractivity contribution in [1.29, 1.82) is 0 Å². The van der Waals surface area contributed by atoms with E-state index in [4.69, 9.17) is 9.84 Å². The van der Waals surface area contributed by atoms with Gasteiger partial charge in [-0.2, -0.15) is 0 Å². The van der Waals surface area contributed by atoms with Crippen LogP contribution in [0.5, 0.6) is 5.75 Å². The summed E-state index contributed by atoms with van der Waals surface area (Å²) in [5, 5.41) is 30.3. The van der Waals surface area contributed by atoms with Crippen molar-refractivity contribution in [3.63, 3.8) is 0 Å². The Kier molecular flexibility index (Phi) is 3.77. The number of aliphatic carboxylic acids is 1. The lowest BCUT2D eigenvalue weighted by Crippen LogP contribution is -2.41. The minimum Gasteiger partial charge on any atom is -0.489 e. The minimum atomic E-state index is -2.04. The van der Waals surface area contributed by atoms with Gasteiger partial charge in [0.05, 0.1) is 10.3 Å². The molecule has 7 heteroatoms. The predicted octanol–water partition coefficient (Wildman–Crippen LogP) is 1.96. The van der Waals surface area contributed by atoms with Gasteiger partial charge in [0.15, 0.2) is 5.60 Å². The van der Waals surface area contributed by atoms with Crippen LogP contribution in [0.15, 0.2) is 36.4 Å². The van der Waals surface area contributed by atoms with Gasteiger partial charge in [-0.05, 0) is 19.1 Å². The Balaban J connectivity index is 2.40. The Labute approximate surface area is 119 Å². The zero-order valence-corrected chi connectivity index (χ0v) is 11.1. The molecule has 2 N–H and O–H groups in total. The van der Waals surface area contributed by atoms with Crippen LogP contribution in [0.3, 0.4) is 0 Å². The number of hydrogen-bond acceptors (Lipinski definition) is 5. The van der Waals surface area contributed by atoms with Crippen LogP contribution in [0.2, 0.25) is 0 Å². The SMILES string of the molecule is CC(O)(COc1ccc([N+](=O)[O-])c2ccccc12)C(=O)O. The minimum absolute atomic E-state index is 0.0667. The smallest absolute Gasteiger partial charge is 0.339 e. The molecule has 21 heavy (non-hydrogen) atoms. The Morgan fingerprint density at radius 2 is 1.90 bits per heavy atom. The van der Waals surface area contributed by atoms with E-state index in [1.165, 1.54) is 12.1 Å². The van der Waals surface area contributed by atoms with E-state index in [1.54, 1.807) is 24.3 Å². The summed E-state index contributed by atoms with van der Waals surface area (Å²) >= 11 is 0. The Hall–Kier alpha value is -2.67. The molecule has 0 heterocycles. The van der Waals surface area contributed by atoms with E-state index in [1.807, 2.05) is 0 Å². The summed E-state index contributed by atoms with van der Waals surface area (Å²) in [7, 11) is 0. The molecule has 0 radical (unpaired) electrons. The van der Waals surface area contributed by atoms with Crippen molar-refractivity contribution >= 4 is 22.4 Å². The number of carboxylic acids is 1. The maximum absolute atomic E-state index is 11.0. The number of nitro benzene ring substituents is 1. The second-order valence-corrected chi connectivity index (χ2v) is 4.75. The number of nitro groups is 1. The lowest BCUT2D eigenvalue weighted by Gasteiger charge is -2.19. The van der Waals surface area contributed by atoms with Crippen molar-refractivity contribution in [2.75, 3.05) is 6.61 Å². The molecular weight excluding hydrogens is 278 g/mol. The van der Waals surface area contributed by atoms with E-state index in [2.05, 4.69) is 0 Å². The van der Waals surface area contributed by atoms with Crippen LogP contribution < -0.4 is 4.74 Å². The van der Waals surface area contributed by atoms with Crippen molar-refractivity contribution in [3.8, 4) is 5.75 Å². The molecule has 1 atom stereocenters. The number of rotatable bonds is 5. The van der Waals surface area contributed by atoms with Crippen molar-refractivity contribution in [3.05, 3.63) is 46.5 Å². The molecular formula is C14H13NO6. The van der Waals surface area contributed by atoms with Gasteiger partial charge in [-0.25, -0.2) is 4.79 Å². The van der Waals surface area contributed by atoms with Crippen LogP contribution in [0, 0.1) is 10.1 Å². The van der Waals surface area contributed by atoms with Crippen LogP contribution in [0.1, 0.15) is 6.92 Å². The van der Waals surface area contributed by atoms with E-state index >= 15 is 0 Å². The second kappa shape index (κ2) is 5.37. The topological polar surface area (TPSA) is 110 Å².